The maximum Gasteiger partial charge on any atom is 0.320 e. The Hall–Kier alpha value is -2.04. The van der Waals surface area contributed by atoms with Gasteiger partial charge < -0.3 is 24.0 Å². The third-order valence-electron chi connectivity index (χ3n) is 4.78. The number of morpholine rings is 1. The average Bonchev–Trinajstić information content (AvgIpc) is 2.73. The van der Waals surface area contributed by atoms with E-state index in [1.54, 1.807) is 15.9 Å². The largest absolute Gasteiger partial charge is 0.493 e. The lowest BCUT2D eigenvalue weighted by molar-refractivity contribution is 0.0405. The maximum atomic E-state index is 12.9. The van der Waals surface area contributed by atoms with Crippen molar-refractivity contribution in [3.05, 3.63) is 18.2 Å². The van der Waals surface area contributed by atoms with E-state index in [0.717, 1.165) is 0 Å². The lowest BCUT2D eigenvalue weighted by Crippen LogP contribution is -2.55. The highest BCUT2D eigenvalue weighted by molar-refractivity contribution is 7.89. The molecule has 2 saturated heterocycles. The topological polar surface area (TPSA) is 88.6 Å². The van der Waals surface area contributed by atoms with Crippen LogP contribution in [0.3, 0.4) is 0 Å². The summed E-state index contributed by atoms with van der Waals surface area (Å²) in [6.07, 6.45) is 0. The minimum absolute atomic E-state index is 0.0542. The van der Waals surface area contributed by atoms with Crippen molar-refractivity contribution >= 4 is 16.1 Å². The highest BCUT2D eigenvalue weighted by atomic mass is 32.2. The van der Waals surface area contributed by atoms with Gasteiger partial charge in [-0.1, -0.05) is 0 Å². The second-order valence-corrected chi connectivity index (χ2v) is 8.23. The minimum atomic E-state index is -3.67. The van der Waals surface area contributed by atoms with Crippen LogP contribution in [-0.4, -0.2) is 95.3 Å². The van der Waals surface area contributed by atoms with Gasteiger partial charge in [0.2, 0.25) is 10.0 Å². The summed E-state index contributed by atoms with van der Waals surface area (Å²) in [4.78, 5) is 16.1. The molecule has 0 saturated carbocycles. The van der Waals surface area contributed by atoms with Crippen LogP contribution in [0, 0.1) is 0 Å². The lowest BCUT2D eigenvalue weighted by Gasteiger charge is -2.38. The first-order chi connectivity index (χ1) is 13.0. The molecule has 0 atom stereocenters. The number of ether oxygens (including phenoxy) is 3. The van der Waals surface area contributed by atoms with Crippen LogP contribution < -0.4 is 9.47 Å². The van der Waals surface area contributed by atoms with E-state index in [1.165, 1.54) is 30.7 Å². The Kier molecular flexibility index (Phi) is 6.08. The average molecular weight is 399 g/mol. The van der Waals surface area contributed by atoms with Crippen LogP contribution in [0.1, 0.15) is 0 Å². The van der Waals surface area contributed by atoms with Crippen molar-refractivity contribution in [2.24, 2.45) is 0 Å². The van der Waals surface area contributed by atoms with Crippen LogP contribution in [0.5, 0.6) is 11.5 Å². The smallest absolute Gasteiger partial charge is 0.320 e. The van der Waals surface area contributed by atoms with Crippen molar-refractivity contribution in [3.8, 4) is 11.5 Å². The molecule has 0 aromatic heterocycles. The van der Waals surface area contributed by atoms with Gasteiger partial charge in [0.1, 0.15) is 0 Å². The minimum Gasteiger partial charge on any atom is -0.493 e. The molecular formula is C17H25N3O6S. The summed E-state index contributed by atoms with van der Waals surface area (Å²) < 4.78 is 42.9. The zero-order valence-corrected chi connectivity index (χ0v) is 16.4. The fourth-order valence-corrected chi connectivity index (χ4v) is 4.64. The summed E-state index contributed by atoms with van der Waals surface area (Å²) in [6, 6.07) is 4.48. The fourth-order valence-electron chi connectivity index (χ4n) is 3.20. The number of hydrogen-bond donors (Lipinski definition) is 0. The summed E-state index contributed by atoms with van der Waals surface area (Å²) in [6.45, 7) is 3.47. The molecule has 27 heavy (non-hydrogen) atoms. The molecule has 1 aromatic carbocycles. The van der Waals surface area contributed by atoms with Gasteiger partial charge in [-0.25, -0.2) is 13.2 Å². The Labute approximate surface area is 159 Å². The Morgan fingerprint density at radius 3 is 2.11 bits per heavy atom. The number of carbonyl (C=O) groups is 1. The van der Waals surface area contributed by atoms with Crippen LogP contribution in [0.25, 0.3) is 0 Å². The number of hydrogen-bond acceptors (Lipinski definition) is 6. The third-order valence-corrected chi connectivity index (χ3v) is 6.68. The monoisotopic (exact) mass is 399 g/mol. The SMILES string of the molecule is COc1ccc(S(=O)(=O)N2CCN(C(=O)N3CCOCC3)CC2)cc1OC. The van der Waals surface area contributed by atoms with E-state index in [4.69, 9.17) is 14.2 Å². The predicted molar refractivity (Wildman–Crippen MR) is 97.7 cm³/mol. The summed E-state index contributed by atoms with van der Waals surface area (Å²) in [5.41, 5.74) is 0. The number of urea groups is 1. The van der Waals surface area contributed by atoms with Crippen molar-refractivity contribution < 1.29 is 27.4 Å². The predicted octanol–water partition coefficient (Wildman–Crippen LogP) is 0.462. The lowest BCUT2D eigenvalue weighted by atomic mass is 10.3. The Bertz CT molecular complexity index is 771. The van der Waals surface area contributed by atoms with Gasteiger partial charge in [-0.2, -0.15) is 4.31 Å². The molecular weight excluding hydrogens is 374 g/mol. The summed E-state index contributed by atoms with van der Waals surface area (Å²) in [5.74, 6) is 0.831. The molecule has 2 heterocycles. The van der Waals surface area contributed by atoms with Crippen LogP contribution in [-0.2, 0) is 14.8 Å². The van der Waals surface area contributed by atoms with Crippen molar-refractivity contribution in [2.45, 2.75) is 4.90 Å². The summed E-state index contributed by atoms with van der Waals surface area (Å²) >= 11 is 0. The van der Waals surface area contributed by atoms with E-state index in [0.29, 0.717) is 50.9 Å². The molecule has 2 fully saturated rings. The van der Waals surface area contributed by atoms with Crippen LogP contribution in [0.15, 0.2) is 23.1 Å². The molecule has 0 bridgehead atoms. The highest BCUT2D eigenvalue weighted by Gasteiger charge is 2.32. The molecule has 0 spiro atoms. The van der Waals surface area contributed by atoms with Crippen molar-refractivity contribution in [1.82, 2.24) is 14.1 Å². The number of nitrogens with zero attached hydrogens (tertiary/aromatic N) is 3. The van der Waals surface area contributed by atoms with Gasteiger partial charge >= 0.3 is 6.03 Å². The zero-order valence-electron chi connectivity index (χ0n) is 15.6. The molecule has 0 unspecified atom stereocenters. The summed E-state index contributed by atoms with van der Waals surface area (Å²) in [5, 5.41) is 0. The van der Waals surface area contributed by atoms with Crippen LogP contribution in [0.4, 0.5) is 4.79 Å². The number of carbonyl (C=O) groups excluding carboxylic acids is 1. The number of piperazine rings is 1. The second kappa shape index (κ2) is 8.32. The van der Waals surface area contributed by atoms with Crippen molar-refractivity contribution in [1.29, 1.82) is 0 Å². The third kappa shape index (κ3) is 4.12. The molecule has 0 radical (unpaired) electrons. The number of methoxy groups -OCH3 is 2. The molecule has 2 aliphatic heterocycles. The van der Waals surface area contributed by atoms with Crippen molar-refractivity contribution in [3.63, 3.8) is 0 Å². The standard InChI is InChI=1S/C17H25N3O6S/c1-24-15-4-3-14(13-16(15)25-2)27(22,23)20-7-5-18(6-8-20)17(21)19-9-11-26-12-10-19/h3-4,13H,5-12H2,1-2H3. The second-order valence-electron chi connectivity index (χ2n) is 6.29. The zero-order chi connectivity index (χ0) is 19.4. The Morgan fingerprint density at radius 2 is 1.52 bits per heavy atom. The number of sulfonamides is 1. The van der Waals surface area contributed by atoms with E-state index in [1.807, 2.05) is 0 Å². The molecule has 150 valence electrons. The summed E-state index contributed by atoms with van der Waals surface area (Å²) in [7, 11) is -0.708. The van der Waals surface area contributed by atoms with Crippen LogP contribution >= 0.6 is 0 Å². The molecule has 2 amide bonds. The normalized spacial score (nSPS) is 19.0. The number of benzene rings is 1. The van der Waals surface area contributed by atoms with Crippen molar-refractivity contribution in [2.75, 3.05) is 66.7 Å². The van der Waals surface area contributed by atoms with E-state index < -0.39 is 10.0 Å². The van der Waals surface area contributed by atoms with E-state index >= 15 is 0 Å². The first kappa shape index (κ1) is 19.7. The Morgan fingerprint density at radius 1 is 0.926 bits per heavy atom. The molecule has 0 N–H and O–H groups in total. The van der Waals surface area contributed by atoms with Gasteiger partial charge in [-0.3, -0.25) is 0 Å². The van der Waals surface area contributed by atoms with E-state index in [-0.39, 0.29) is 24.0 Å². The van der Waals surface area contributed by atoms with E-state index in [2.05, 4.69) is 0 Å². The molecule has 2 aliphatic rings. The Balaban J connectivity index is 1.67. The van der Waals surface area contributed by atoms with Gasteiger partial charge in [0.15, 0.2) is 11.5 Å². The van der Waals surface area contributed by atoms with Gasteiger partial charge in [0.25, 0.3) is 0 Å². The van der Waals surface area contributed by atoms with Gasteiger partial charge in [0.05, 0.1) is 32.3 Å². The first-order valence-electron chi connectivity index (χ1n) is 8.81. The molecule has 0 aliphatic carbocycles. The van der Waals surface area contributed by atoms with Crippen LogP contribution in [0.2, 0.25) is 0 Å². The maximum absolute atomic E-state index is 12.9. The van der Waals surface area contributed by atoms with Gasteiger partial charge in [-0.15, -0.1) is 0 Å². The fraction of sp³-hybridized carbons (Fsp3) is 0.588. The number of amides is 2. The van der Waals surface area contributed by atoms with E-state index in [9.17, 15) is 13.2 Å². The van der Waals surface area contributed by atoms with Gasteiger partial charge in [0, 0.05) is 45.3 Å². The highest BCUT2D eigenvalue weighted by Crippen LogP contribution is 2.30. The molecule has 9 nitrogen and oxygen atoms in total. The molecule has 3 rings (SSSR count). The number of rotatable bonds is 4. The molecule has 10 heteroatoms. The molecule has 1 aromatic rings. The first-order valence-corrected chi connectivity index (χ1v) is 10.2. The quantitative estimate of drug-likeness (QED) is 0.731. The van der Waals surface area contributed by atoms with Gasteiger partial charge in [-0.05, 0) is 12.1 Å².